The van der Waals surface area contributed by atoms with Crippen molar-refractivity contribution in [2.75, 3.05) is 18.6 Å². The Morgan fingerprint density at radius 3 is 2.89 bits per heavy atom. The number of hydrogen-bond acceptors (Lipinski definition) is 3. The highest BCUT2D eigenvalue weighted by Gasteiger charge is 2.42. The second-order valence-corrected chi connectivity index (χ2v) is 6.86. The molecule has 1 atom stereocenters. The van der Waals surface area contributed by atoms with Gasteiger partial charge in [0.05, 0.1) is 25.8 Å². The topological polar surface area (TPSA) is 79.0 Å². The zero-order valence-electron chi connectivity index (χ0n) is 15.4. The molecule has 7 heteroatoms. The van der Waals surface area contributed by atoms with Crippen LogP contribution in [0.5, 0.6) is 5.75 Å². The number of benzene rings is 2. The number of ether oxygens (including phenoxy) is 1. The summed E-state index contributed by atoms with van der Waals surface area (Å²) < 4.78 is 18.7. The van der Waals surface area contributed by atoms with Crippen LogP contribution < -0.4 is 15.0 Å². The summed E-state index contributed by atoms with van der Waals surface area (Å²) in [5.41, 5.74) is 2.44. The first-order chi connectivity index (χ1) is 13.6. The fourth-order valence-corrected chi connectivity index (χ4v) is 3.66. The number of quaternary nitrogens is 1. The third kappa shape index (κ3) is 3.36. The number of amides is 2. The van der Waals surface area contributed by atoms with E-state index < -0.39 is 11.9 Å². The van der Waals surface area contributed by atoms with Gasteiger partial charge in [-0.05, 0) is 42.0 Å². The lowest BCUT2D eigenvalue weighted by molar-refractivity contribution is -0.674. The van der Waals surface area contributed by atoms with E-state index in [0.717, 1.165) is 33.5 Å². The average Bonchev–Trinajstić information content (AvgIpc) is 3.21. The average molecular weight is 382 g/mol. The summed E-state index contributed by atoms with van der Waals surface area (Å²) in [6.45, 7) is 0.658. The van der Waals surface area contributed by atoms with Crippen molar-refractivity contribution in [1.82, 2.24) is 4.98 Å². The molecule has 1 saturated heterocycles. The van der Waals surface area contributed by atoms with Crippen LogP contribution in [0.15, 0.2) is 48.7 Å². The van der Waals surface area contributed by atoms with Crippen LogP contribution in [0.1, 0.15) is 12.0 Å². The van der Waals surface area contributed by atoms with Crippen molar-refractivity contribution in [2.45, 2.75) is 18.9 Å². The van der Waals surface area contributed by atoms with E-state index in [9.17, 15) is 14.0 Å². The van der Waals surface area contributed by atoms with E-state index in [2.05, 4.69) is 4.98 Å². The number of anilines is 1. The number of aromatic amines is 1. The number of nitrogens with zero attached hydrogens (tertiary/aromatic N) is 1. The number of carbonyl (C=O) groups is 2. The fraction of sp³-hybridized carbons (Fsp3) is 0.238. The summed E-state index contributed by atoms with van der Waals surface area (Å²) >= 11 is 0. The molecule has 2 amide bonds. The molecule has 4 rings (SSSR count). The molecule has 2 aromatic carbocycles. The van der Waals surface area contributed by atoms with Gasteiger partial charge in [0.15, 0.2) is 6.04 Å². The number of methoxy groups -OCH3 is 1. The molecule has 0 bridgehead atoms. The van der Waals surface area contributed by atoms with Gasteiger partial charge in [-0.2, -0.15) is 0 Å². The predicted octanol–water partition coefficient (Wildman–Crippen LogP) is 1.75. The standard InChI is InChI=1S/C21H20FN3O3/c1-28-16-5-6-18-17(10-16)13(12-24-18)7-8-23-19-11-20(26)25(21(19)27)15-4-2-3-14(22)9-15/h2-6,9-10,12,19,23-24H,7-8,11H2,1H3/p+1/t19-/m0/s1. The fourth-order valence-electron chi connectivity index (χ4n) is 3.66. The lowest BCUT2D eigenvalue weighted by Crippen LogP contribution is -2.92. The molecule has 1 aromatic heterocycles. The minimum Gasteiger partial charge on any atom is -0.497 e. The maximum Gasteiger partial charge on any atom is 0.292 e. The van der Waals surface area contributed by atoms with Gasteiger partial charge in [-0.15, -0.1) is 0 Å². The second kappa shape index (κ2) is 7.44. The molecule has 1 aliphatic rings. The molecule has 0 unspecified atom stereocenters. The Bertz CT molecular complexity index is 1050. The summed E-state index contributed by atoms with van der Waals surface area (Å²) in [6.07, 6.45) is 2.82. The number of fused-ring (bicyclic) bond motifs is 1. The number of aromatic nitrogens is 1. The smallest absolute Gasteiger partial charge is 0.292 e. The number of nitrogens with two attached hydrogens (primary N) is 1. The summed E-state index contributed by atoms with van der Waals surface area (Å²) in [5.74, 6) is -0.273. The van der Waals surface area contributed by atoms with Gasteiger partial charge in [-0.1, -0.05) is 6.07 Å². The summed E-state index contributed by atoms with van der Waals surface area (Å²) in [4.78, 5) is 29.2. The van der Waals surface area contributed by atoms with Crippen LogP contribution in [0.4, 0.5) is 10.1 Å². The van der Waals surface area contributed by atoms with Crippen molar-refractivity contribution in [3.63, 3.8) is 0 Å². The Labute approximate surface area is 161 Å². The number of carbonyl (C=O) groups excluding carboxylic acids is 2. The van der Waals surface area contributed by atoms with Gasteiger partial charge in [0.1, 0.15) is 11.6 Å². The molecule has 1 fully saturated rings. The van der Waals surface area contributed by atoms with Crippen molar-refractivity contribution in [3.8, 4) is 5.75 Å². The zero-order valence-corrected chi connectivity index (χ0v) is 15.4. The zero-order chi connectivity index (χ0) is 19.7. The minimum absolute atomic E-state index is 0.122. The molecule has 0 aliphatic carbocycles. The van der Waals surface area contributed by atoms with Crippen LogP contribution in [0, 0.1) is 5.82 Å². The van der Waals surface area contributed by atoms with E-state index in [4.69, 9.17) is 4.74 Å². The molecule has 28 heavy (non-hydrogen) atoms. The molecular formula is C21H21FN3O3+. The Morgan fingerprint density at radius 2 is 2.11 bits per heavy atom. The number of hydrogen-bond donors (Lipinski definition) is 2. The first kappa shape index (κ1) is 18.2. The van der Waals surface area contributed by atoms with Crippen LogP contribution >= 0.6 is 0 Å². The highest BCUT2D eigenvalue weighted by atomic mass is 19.1. The van der Waals surface area contributed by atoms with E-state index in [1.807, 2.05) is 29.7 Å². The molecule has 3 N–H and O–H groups in total. The van der Waals surface area contributed by atoms with Crippen LogP contribution in [0.2, 0.25) is 0 Å². The molecular weight excluding hydrogens is 361 g/mol. The quantitative estimate of drug-likeness (QED) is 0.638. The van der Waals surface area contributed by atoms with Crippen LogP contribution in [-0.2, 0) is 16.0 Å². The molecule has 1 aliphatic heterocycles. The molecule has 3 aromatic rings. The van der Waals surface area contributed by atoms with Crippen LogP contribution in [-0.4, -0.2) is 36.5 Å². The van der Waals surface area contributed by atoms with Crippen molar-refractivity contribution in [2.24, 2.45) is 0 Å². The highest BCUT2D eigenvalue weighted by Crippen LogP contribution is 2.24. The third-order valence-corrected chi connectivity index (χ3v) is 5.09. The first-order valence-corrected chi connectivity index (χ1v) is 9.16. The summed E-state index contributed by atoms with van der Waals surface area (Å²) in [5, 5.41) is 2.97. The number of imide groups is 1. The van der Waals surface area contributed by atoms with Gasteiger partial charge in [-0.3, -0.25) is 9.59 Å². The van der Waals surface area contributed by atoms with E-state index in [1.54, 1.807) is 13.2 Å². The van der Waals surface area contributed by atoms with Gasteiger partial charge >= 0.3 is 0 Å². The Morgan fingerprint density at radius 1 is 1.25 bits per heavy atom. The van der Waals surface area contributed by atoms with Gasteiger partial charge in [0.25, 0.3) is 5.91 Å². The number of halogens is 1. The SMILES string of the molecule is COc1ccc2[nH]cc(CC[NH2+][C@H]3CC(=O)N(c4cccc(F)c4)C3=O)c2c1. The monoisotopic (exact) mass is 382 g/mol. The second-order valence-electron chi connectivity index (χ2n) is 6.86. The number of H-pyrrole nitrogens is 1. The Balaban J connectivity index is 1.42. The number of rotatable bonds is 6. The molecule has 0 saturated carbocycles. The summed E-state index contributed by atoms with van der Waals surface area (Å²) in [7, 11) is 1.63. The Hall–Kier alpha value is -3.19. The molecule has 0 radical (unpaired) electrons. The van der Waals surface area contributed by atoms with Crippen molar-refractivity contribution in [1.29, 1.82) is 0 Å². The normalized spacial score (nSPS) is 16.9. The first-order valence-electron chi connectivity index (χ1n) is 9.16. The van der Waals surface area contributed by atoms with Gasteiger partial charge in [0.2, 0.25) is 5.91 Å². The lowest BCUT2D eigenvalue weighted by Gasteiger charge is -2.14. The lowest BCUT2D eigenvalue weighted by atomic mass is 10.1. The van der Waals surface area contributed by atoms with E-state index in [-0.39, 0.29) is 23.9 Å². The third-order valence-electron chi connectivity index (χ3n) is 5.09. The van der Waals surface area contributed by atoms with Gasteiger partial charge in [0, 0.05) is 23.5 Å². The van der Waals surface area contributed by atoms with Crippen molar-refractivity contribution >= 4 is 28.4 Å². The largest absolute Gasteiger partial charge is 0.497 e. The van der Waals surface area contributed by atoms with E-state index in [1.165, 1.54) is 18.2 Å². The highest BCUT2D eigenvalue weighted by molar-refractivity contribution is 6.21. The van der Waals surface area contributed by atoms with Gasteiger partial charge in [-0.25, -0.2) is 9.29 Å². The van der Waals surface area contributed by atoms with Crippen LogP contribution in [0.25, 0.3) is 10.9 Å². The maximum atomic E-state index is 13.4. The summed E-state index contributed by atoms with van der Waals surface area (Å²) in [6, 6.07) is 10.9. The van der Waals surface area contributed by atoms with Gasteiger partial charge < -0.3 is 15.0 Å². The molecule has 2 heterocycles. The van der Waals surface area contributed by atoms with E-state index in [0.29, 0.717) is 6.54 Å². The maximum absolute atomic E-state index is 13.4. The molecule has 0 spiro atoms. The van der Waals surface area contributed by atoms with E-state index >= 15 is 0 Å². The van der Waals surface area contributed by atoms with Crippen molar-refractivity contribution < 1.29 is 24.0 Å². The Kier molecular flexibility index (Phi) is 4.83. The molecule has 144 valence electrons. The van der Waals surface area contributed by atoms with Crippen molar-refractivity contribution in [3.05, 3.63) is 60.0 Å². The molecule has 6 nitrogen and oxygen atoms in total. The minimum atomic E-state index is -0.476. The number of nitrogens with one attached hydrogen (secondary N) is 1. The van der Waals surface area contributed by atoms with Crippen LogP contribution in [0.3, 0.4) is 0 Å². The predicted molar refractivity (Wildman–Crippen MR) is 103 cm³/mol.